The SMILES string of the molecule is CCCC1CCC(NCC2(CC(N)=NO)CC2)CC1. The van der Waals surface area contributed by atoms with Crippen LogP contribution < -0.4 is 11.1 Å². The predicted octanol–water partition coefficient (Wildman–Crippen LogP) is 2.85. The van der Waals surface area contributed by atoms with Crippen LogP contribution in [0.25, 0.3) is 0 Å². The third kappa shape index (κ3) is 4.37. The number of nitrogens with two attached hydrogens (primary N) is 1. The van der Waals surface area contributed by atoms with Crippen molar-refractivity contribution >= 4 is 5.84 Å². The van der Waals surface area contributed by atoms with Crippen molar-refractivity contribution in [2.45, 2.75) is 70.8 Å². The smallest absolute Gasteiger partial charge is 0.139 e. The molecule has 0 aromatic carbocycles. The van der Waals surface area contributed by atoms with Crippen LogP contribution in [0.15, 0.2) is 5.16 Å². The lowest BCUT2D eigenvalue weighted by atomic mass is 9.83. The van der Waals surface area contributed by atoms with Gasteiger partial charge >= 0.3 is 0 Å². The van der Waals surface area contributed by atoms with E-state index in [9.17, 15) is 0 Å². The first-order chi connectivity index (χ1) is 9.17. The molecule has 0 saturated heterocycles. The molecule has 4 N–H and O–H groups in total. The molecule has 0 spiro atoms. The average molecular weight is 267 g/mol. The Bertz CT molecular complexity index is 305. The molecule has 0 aromatic heterocycles. The molecule has 4 heteroatoms. The summed E-state index contributed by atoms with van der Waals surface area (Å²) in [4.78, 5) is 0. The van der Waals surface area contributed by atoms with Gasteiger partial charge in [-0.1, -0.05) is 24.9 Å². The molecule has 0 bridgehead atoms. The summed E-state index contributed by atoms with van der Waals surface area (Å²) in [5.74, 6) is 1.35. The van der Waals surface area contributed by atoms with Crippen LogP contribution in [0.2, 0.25) is 0 Å². The van der Waals surface area contributed by atoms with Gasteiger partial charge in [0.2, 0.25) is 0 Å². The summed E-state index contributed by atoms with van der Waals surface area (Å²) >= 11 is 0. The second-order valence-corrected chi connectivity index (χ2v) is 6.66. The van der Waals surface area contributed by atoms with Crippen LogP contribution in [0.3, 0.4) is 0 Å². The lowest BCUT2D eigenvalue weighted by Gasteiger charge is -2.30. The molecule has 4 nitrogen and oxygen atoms in total. The van der Waals surface area contributed by atoms with Gasteiger partial charge in [0.05, 0.1) is 0 Å². The van der Waals surface area contributed by atoms with Crippen LogP contribution in [0, 0.1) is 11.3 Å². The summed E-state index contributed by atoms with van der Waals surface area (Å²) in [5, 5.41) is 15.5. The highest BCUT2D eigenvalue weighted by Crippen LogP contribution is 2.48. The highest BCUT2D eigenvalue weighted by molar-refractivity contribution is 5.80. The van der Waals surface area contributed by atoms with Crippen molar-refractivity contribution in [3.63, 3.8) is 0 Å². The average Bonchev–Trinajstić information content (AvgIpc) is 3.18. The molecule has 0 amide bonds. The molecular weight excluding hydrogens is 238 g/mol. The lowest BCUT2D eigenvalue weighted by molar-refractivity contribution is 0.266. The van der Waals surface area contributed by atoms with E-state index in [2.05, 4.69) is 17.4 Å². The minimum atomic E-state index is 0.288. The molecule has 0 atom stereocenters. The van der Waals surface area contributed by atoms with Crippen molar-refractivity contribution in [1.82, 2.24) is 5.32 Å². The second kappa shape index (κ2) is 6.60. The van der Waals surface area contributed by atoms with Gasteiger partial charge < -0.3 is 16.3 Å². The minimum absolute atomic E-state index is 0.288. The predicted molar refractivity (Wildman–Crippen MR) is 78.3 cm³/mol. The maximum atomic E-state index is 8.67. The number of nitrogens with one attached hydrogen (secondary N) is 1. The fourth-order valence-corrected chi connectivity index (χ4v) is 3.44. The van der Waals surface area contributed by atoms with Gasteiger partial charge in [0.15, 0.2) is 0 Å². The zero-order valence-corrected chi connectivity index (χ0v) is 12.2. The van der Waals surface area contributed by atoms with Gasteiger partial charge in [-0.2, -0.15) is 0 Å². The Morgan fingerprint density at radius 1 is 1.32 bits per heavy atom. The molecule has 2 rings (SSSR count). The number of oxime groups is 1. The monoisotopic (exact) mass is 267 g/mol. The second-order valence-electron chi connectivity index (χ2n) is 6.66. The normalized spacial score (nSPS) is 30.3. The lowest BCUT2D eigenvalue weighted by Crippen LogP contribution is -2.38. The van der Waals surface area contributed by atoms with Crippen molar-refractivity contribution in [1.29, 1.82) is 0 Å². The van der Waals surface area contributed by atoms with Crippen molar-refractivity contribution in [3.05, 3.63) is 0 Å². The Balaban J connectivity index is 1.67. The van der Waals surface area contributed by atoms with Gasteiger partial charge in [-0.3, -0.25) is 0 Å². The highest BCUT2D eigenvalue weighted by atomic mass is 16.4. The number of amidine groups is 1. The van der Waals surface area contributed by atoms with Gasteiger partial charge in [0, 0.05) is 19.0 Å². The van der Waals surface area contributed by atoms with Crippen molar-refractivity contribution in [2.75, 3.05) is 6.54 Å². The molecule has 0 unspecified atom stereocenters. The van der Waals surface area contributed by atoms with E-state index < -0.39 is 0 Å². The van der Waals surface area contributed by atoms with Gasteiger partial charge in [-0.05, 0) is 49.9 Å². The highest BCUT2D eigenvalue weighted by Gasteiger charge is 2.43. The fraction of sp³-hybridized carbons (Fsp3) is 0.933. The first-order valence-electron chi connectivity index (χ1n) is 7.87. The molecule has 2 saturated carbocycles. The first-order valence-corrected chi connectivity index (χ1v) is 7.87. The maximum absolute atomic E-state index is 8.67. The molecule has 2 fully saturated rings. The van der Waals surface area contributed by atoms with E-state index in [0.717, 1.165) is 18.9 Å². The molecule has 110 valence electrons. The molecule has 0 aliphatic heterocycles. The number of hydrogen-bond donors (Lipinski definition) is 3. The molecule has 19 heavy (non-hydrogen) atoms. The summed E-state index contributed by atoms with van der Waals surface area (Å²) in [6.07, 6.45) is 11.3. The minimum Gasteiger partial charge on any atom is -0.409 e. The Morgan fingerprint density at radius 3 is 2.53 bits per heavy atom. The third-order valence-corrected chi connectivity index (χ3v) is 4.95. The molecule has 2 aliphatic carbocycles. The first kappa shape index (κ1) is 14.6. The summed E-state index contributed by atoms with van der Waals surface area (Å²) in [6, 6.07) is 0.692. The van der Waals surface area contributed by atoms with Crippen LogP contribution in [0.1, 0.15) is 64.7 Å². The van der Waals surface area contributed by atoms with Gasteiger partial charge in [-0.25, -0.2) is 0 Å². The summed E-state index contributed by atoms with van der Waals surface area (Å²) in [6.45, 7) is 3.32. The Labute approximate surface area is 116 Å². The maximum Gasteiger partial charge on any atom is 0.139 e. The van der Waals surface area contributed by atoms with Crippen molar-refractivity contribution in [2.24, 2.45) is 22.2 Å². The standard InChI is InChI=1S/C15H29N3O/c1-2-3-12-4-6-13(7-5-12)17-11-15(8-9-15)10-14(16)18-19/h12-13,17,19H,2-11H2,1H3,(H2,16,18). The van der Waals surface area contributed by atoms with Crippen LogP contribution in [-0.2, 0) is 0 Å². The van der Waals surface area contributed by atoms with Crippen LogP contribution in [0.5, 0.6) is 0 Å². The zero-order chi connectivity index (χ0) is 13.7. The van der Waals surface area contributed by atoms with E-state index in [4.69, 9.17) is 10.9 Å². The van der Waals surface area contributed by atoms with Crippen LogP contribution in [-0.4, -0.2) is 23.6 Å². The van der Waals surface area contributed by atoms with Gasteiger partial charge in [-0.15, -0.1) is 0 Å². The number of hydrogen-bond acceptors (Lipinski definition) is 3. The number of rotatable bonds is 7. The van der Waals surface area contributed by atoms with E-state index in [-0.39, 0.29) is 5.41 Å². The van der Waals surface area contributed by atoms with Crippen LogP contribution >= 0.6 is 0 Å². The molecule has 0 radical (unpaired) electrons. The van der Waals surface area contributed by atoms with Crippen molar-refractivity contribution < 1.29 is 5.21 Å². The Kier molecular flexibility index (Phi) is 5.08. The van der Waals surface area contributed by atoms with Gasteiger partial charge in [0.25, 0.3) is 0 Å². The van der Waals surface area contributed by atoms with Crippen LogP contribution in [0.4, 0.5) is 0 Å². The van der Waals surface area contributed by atoms with E-state index in [1.165, 1.54) is 51.4 Å². The van der Waals surface area contributed by atoms with E-state index >= 15 is 0 Å². The fourth-order valence-electron chi connectivity index (χ4n) is 3.44. The summed E-state index contributed by atoms with van der Waals surface area (Å²) in [7, 11) is 0. The molecule has 0 aromatic rings. The van der Waals surface area contributed by atoms with Gasteiger partial charge in [0.1, 0.15) is 5.84 Å². The summed E-state index contributed by atoms with van der Waals surface area (Å²) < 4.78 is 0. The third-order valence-electron chi connectivity index (χ3n) is 4.95. The topological polar surface area (TPSA) is 70.6 Å². The van der Waals surface area contributed by atoms with Crippen molar-refractivity contribution in [3.8, 4) is 0 Å². The van der Waals surface area contributed by atoms with E-state index in [1.54, 1.807) is 0 Å². The quantitative estimate of drug-likeness (QED) is 0.287. The number of nitrogens with zero attached hydrogens (tertiary/aromatic N) is 1. The molecule has 0 heterocycles. The molecule has 2 aliphatic rings. The Hall–Kier alpha value is -0.770. The summed E-state index contributed by atoms with van der Waals surface area (Å²) in [5.41, 5.74) is 5.92. The van der Waals surface area contributed by atoms with E-state index in [0.29, 0.717) is 11.9 Å². The Morgan fingerprint density at radius 2 is 2.00 bits per heavy atom. The van der Waals surface area contributed by atoms with E-state index in [1.807, 2.05) is 0 Å². The molecular formula is C15H29N3O. The largest absolute Gasteiger partial charge is 0.409 e. The zero-order valence-electron chi connectivity index (χ0n) is 12.2.